The molecule has 0 saturated carbocycles. The fraction of sp³-hybridized carbons (Fsp3) is 0.185. The lowest BCUT2D eigenvalue weighted by Crippen LogP contribution is -2.38. The van der Waals surface area contributed by atoms with Gasteiger partial charge in [-0.3, -0.25) is 9.59 Å². The van der Waals surface area contributed by atoms with Crippen LogP contribution < -0.4 is 5.32 Å². The van der Waals surface area contributed by atoms with Crippen LogP contribution in [0.2, 0.25) is 5.02 Å². The van der Waals surface area contributed by atoms with E-state index >= 15 is 0 Å². The Labute approximate surface area is 198 Å². The Bertz CT molecular complexity index is 1160. The molecule has 0 aliphatic carbocycles. The number of benzene rings is 3. The molecule has 3 aromatic rings. The maximum Gasteiger partial charge on any atom is 0.253 e. The Morgan fingerprint density at radius 1 is 0.970 bits per heavy atom. The first-order valence-corrected chi connectivity index (χ1v) is 11.3. The molecular formula is C27H25ClN2O3. The average molecular weight is 461 g/mol. The minimum atomic E-state index is -0.468. The molecule has 1 aliphatic heterocycles. The average Bonchev–Trinajstić information content (AvgIpc) is 2.85. The molecule has 0 radical (unpaired) electrons. The van der Waals surface area contributed by atoms with Crippen LogP contribution in [0.25, 0.3) is 5.57 Å². The number of amides is 2. The number of carbonyl (C=O) groups is 2. The number of hydrogen-bond acceptors (Lipinski definition) is 3. The molecule has 6 heteroatoms. The summed E-state index contributed by atoms with van der Waals surface area (Å²) in [5.41, 5.74) is 3.45. The zero-order chi connectivity index (χ0) is 23.2. The van der Waals surface area contributed by atoms with Crippen molar-refractivity contribution in [2.24, 2.45) is 0 Å². The number of carbonyl (C=O) groups excluding carboxylic acids is 2. The van der Waals surface area contributed by atoms with E-state index in [9.17, 15) is 14.7 Å². The van der Waals surface area contributed by atoms with Crippen LogP contribution >= 0.6 is 11.6 Å². The monoisotopic (exact) mass is 460 g/mol. The number of halogens is 1. The van der Waals surface area contributed by atoms with E-state index in [4.69, 9.17) is 11.6 Å². The second-order valence-corrected chi connectivity index (χ2v) is 8.39. The molecule has 0 aromatic heterocycles. The number of nitrogens with zero attached hydrogens (tertiary/aromatic N) is 1. The highest BCUT2D eigenvalue weighted by molar-refractivity contribution is 6.33. The zero-order valence-electron chi connectivity index (χ0n) is 18.1. The molecule has 0 saturated heterocycles. The minimum Gasteiger partial charge on any atom is -0.508 e. The Hall–Kier alpha value is -3.57. The summed E-state index contributed by atoms with van der Waals surface area (Å²) >= 11 is 6.19. The van der Waals surface area contributed by atoms with Crippen LogP contribution in [0, 0.1) is 0 Å². The SMILES string of the molecule is O=C(NC(CC(=O)N1CC=C(c2ccc(O)cc2)CC1)c1ccccc1)c1ccccc1Cl. The van der Waals surface area contributed by atoms with Crippen molar-refractivity contribution in [2.45, 2.75) is 18.9 Å². The smallest absolute Gasteiger partial charge is 0.253 e. The number of aromatic hydroxyl groups is 1. The summed E-state index contributed by atoms with van der Waals surface area (Å²) in [6.45, 7) is 1.11. The largest absolute Gasteiger partial charge is 0.508 e. The van der Waals surface area contributed by atoms with E-state index in [0.29, 0.717) is 23.7 Å². The van der Waals surface area contributed by atoms with E-state index in [1.807, 2.05) is 53.4 Å². The molecule has 0 fully saturated rings. The Morgan fingerprint density at radius 2 is 1.67 bits per heavy atom. The topological polar surface area (TPSA) is 69.6 Å². The van der Waals surface area contributed by atoms with E-state index in [1.54, 1.807) is 36.4 Å². The molecular weight excluding hydrogens is 436 g/mol. The minimum absolute atomic E-state index is 0.0238. The van der Waals surface area contributed by atoms with E-state index in [0.717, 1.165) is 23.1 Å². The van der Waals surface area contributed by atoms with Gasteiger partial charge < -0.3 is 15.3 Å². The van der Waals surface area contributed by atoms with Gasteiger partial charge in [-0.1, -0.05) is 72.3 Å². The number of rotatable bonds is 6. The van der Waals surface area contributed by atoms with Crippen LogP contribution in [-0.4, -0.2) is 34.9 Å². The fourth-order valence-corrected chi connectivity index (χ4v) is 4.18. The molecule has 4 rings (SSSR count). The lowest BCUT2D eigenvalue weighted by molar-refractivity contribution is -0.131. The number of phenolic OH excluding ortho intramolecular Hbond substituents is 1. The zero-order valence-corrected chi connectivity index (χ0v) is 18.8. The summed E-state index contributed by atoms with van der Waals surface area (Å²) in [7, 11) is 0. The highest BCUT2D eigenvalue weighted by Crippen LogP contribution is 2.26. The van der Waals surface area contributed by atoms with Crippen molar-refractivity contribution in [1.29, 1.82) is 0 Å². The molecule has 1 unspecified atom stereocenters. The molecule has 3 aromatic carbocycles. The van der Waals surface area contributed by atoms with Gasteiger partial charge in [0.05, 0.1) is 23.0 Å². The highest BCUT2D eigenvalue weighted by atomic mass is 35.5. The second kappa shape index (κ2) is 10.4. The molecule has 1 heterocycles. The first kappa shape index (κ1) is 22.6. The standard InChI is InChI=1S/C27H25ClN2O3/c28-24-9-5-4-8-23(24)27(33)29-25(21-6-2-1-3-7-21)18-26(32)30-16-14-20(15-17-30)19-10-12-22(31)13-11-19/h1-14,25,31H,15-18H2,(H,29,33). The summed E-state index contributed by atoms with van der Waals surface area (Å²) in [6.07, 6.45) is 2.94. The molecule has 5 nitrogen and oxygen atoms in total. The summed E-state index contributed by atoms with van der Waals surface area (Å²) in [5, 5.41) is 12.9. The maximum atomic E-state index is 13.1. The van der Waals surface area contributed by atoms with Crippen LogP contribution in [0.5, 0.6) is 5.75 Å². The molecule has 168 valence electrons. The molecule has 1 aliphatic rings. The van der Waals surface area contributed by atoms with Gasteiger partial charge in [-0.2, -0.15) is 0 Å². The Balaban J connectivity index is 1.46. The van der Waals surface area contributed by atoms with Gasteiger partial charge in [-0.15, -0.1) is 0 Å². The normalized spacial score (nSPS) is 14.3. The van der Waals surface area contributed by atoms with E-state index < -0.39 is 6.04 Å². The third-order valence-corrected chi connectivity index (χ3v) is 6.13. The van der Waals surface area contributed by atoms with E-state index in [1.165, 1.54) is 0 Å². The number of nitrogens with one attached hydrogen (secondary N) is 1. The lowest BCUT2D eigenvalue weighted by Gasteiger charge is -2.29. The van der Waals surface area contributed by atoms with Gasteiger partial charge in [0.2, 0.25) is 5.91 Å². The highest BCUT2D eigenvalue weighted by Gasteiger charge is 2.24. The van der Waals surface area contributed by atoms with Crippen molar-refractivity contribution in [3.63, 3.8) is 0 Å². The van der Waals surface area contributed by atoms with Crippen molar-refractivity contribution in [3.8, 4) is 5.75 Å². The maximum absolute atomic E-state index is 13.1. The molecule has 2 amide bonds. The van der Waals surface area contributed by atoms with Crippen molar-refractivity contribution >= 4 is 29.0 Å². The molecule has 0 bridgehead atoms. The first-order chi connectivity index (χ1) is 16.0. The van der Waals surface area contributed by atoms with Crippen molar-refractivity contribution in [3.05, 3.63) is 107 Å². The molecule has 1 atom stereocenters. The molecule has 0 spiro atoms. The summed E-state index contributed by atoms with van der Waals surface area (Å²) < 4.78 is 0. The molecule has 2 N–H and O–H groups in total. The van der Waals surface area contributed by atoms with Gasteiger partial charge in [0, 0.05) is 13.1 Å². The Morgan fingerprint density at radius 3 is 2.33 bits per heavy atom. The first-order valence-electron chi connectivity index (χ1n) is 10.9. The number of phenols is 1. The van der Waals surface area contributed by atoms with Crippen LogP contribution in [0.3, 0.4) is 0 Å². The summed E-state index contributed by atoms with van der Waals surface area (Å²) in [4.78, 5) is 27.8. The van der Waals surface area contributed by atoms with E-state index in [-0.39, 0.29) is 24.0 Å². The van der Waals surface area contributed by atoms with Gasteiger partial charge >= 0.3 is 0 Å². The summed E-state index contributed by atoms with van der Waals surface area (Å²) in [5.74, 6) is -0.0996. The lowest BCUT2D eigenvalue weighted by atomic mass is 9.98. The van der Waals surface area contributed by atoms with Crippen LogP contribution in [-0.2, 0) is 4.79 Å². The third kappa shape index (κ3) is 5.62. The second-order valence-electron chi connectivity index (χ2n) is 7.99. The van der Waals surface area contributed by atoms with Gasteiger partial charge in [-0.25, -0.2) is 0 Å². The van der Waals surface area contributed by atoms with Crippen LogP contribution in [0.15, 0.2) is 84.9 Å². The van der Waals surface area contributed by atoms with Crippen LogP contribution in [0.1, 0.15) is 40.4 Å². The predicted molar refractivity (Wildman–Crippen MR) is 130 cm³/mol. The molecule has 33 heavy (non-hydrogen) atoms. The van der Waals surface area contributed by atoms with Gasteiger partial charge in [0.25, 0.3) is 5.91 Å². The van der Waals surface area contributed by atoms with Gasteiger partial charge in [0.15, 0.2) is 0 Å². The van der Waals surface area contributed by atoms with Crippen LogP contribution in [0.4, 0.5) is 0 Å². The Kier molecular flexibility index (Phi) is 7.10. The fourth-order valence-electron chi connectivity index (χ4n) is 3.96. The summed E-state index contributed by atoms with van der Waals surface area (Å²) in [6, 6.07) is 23.0. The predicted octanol–water partition coefficient (Wildman–Crippen LogP) is 5.22. The van der Waals surface area contributed by atoms with Crippen molar-refractivity contribution in [1.82, 2.24) is 10.2 Å². The number of hydrogen-bond donors (Lipinski definition) is 2. The quantitative estimate of drug-likeness (QED) is 0.529. The van der Waals surface area contributed by atoms with Gasteiger partial charge in [0.1, 0.15) is 5.75 Å². The van der Waals surface area contributed by atoms with Crippen molar-refractivity contribution < 1.29 is 14.7 Å². The van der Waals surface area contributed by atoms with E-state index in [2.05, 4.69) is 5.32 Å². The third-order valence-electron chi connectivity index (χ3n) is 5.80. The van der Waals surface area contributed by atoms with Gasteiger partial charge in [-0.05, 0) is 47.4 Å². The van der Waals surface area contributed by atoms with Crippen molar-refractivity contribution in [2.75, 3.05) is 13.1 Å².